The summed E-state index contributed by atoms with van der Waals surface area (Å²) in [6.45, 7) is 21.4. The maximum Gasteiger partial charge on any atom is 0.320 e. The smallest absolute Gasteiger partial charge is 0.320 e. The van der Waals surface area contributed by atoms with Crippen molar-refractivity contribution in [1.82, 2.24) is 25.2 Å². The van der Waals surface area contributed by atoms with E-state index in [2.05, 4.69) is 79.4 Å². The van der Waals surface area contributed by atoms with Crippen molar-refractivity contribution in [2.75, 3.05) is 18.0 Å². The first-order valence-electron chi connectivity index (χ1n) is 20.6. The van der Waals surface area contributed by atoms with Gasteiger partial charge in [-0.25, -0.2) is 9.79 Å². The van der Waals surface area contributed by atoms with Crippen LogP contribution < -0.4 is 24.7 Å². The van der Waals surface area contributed by atoms with Crippen LogP contribution in [0.2, 0.25) is 21.6 Å². The zero-order chi connectivity index (χ0) is 41.1. The molecule has 2 aromatic carbocycles. The SMILES string of the molecule is CC(C)[Si](Oc1ccc(N=C(CC(=N)C(C)(C)C)NC(=O)NC2CCC(Oc3ccc4nnc(N5CCCCC5)n4c3)c3ccccc32)cc1Cl)(C(C)C)C(C)C. The Kier molecular flexibility index (Phi) is 13.0. The topological polar surface area (TPSA) is 129 Å². The van der Waals surface area contributed by atoms with Crippen LogP contribution in [-0.4, -0.2) is 53.6 Å². The second kappa shape index (κ2) is 17.6. The lowest BCUT2D eigenvalue weighted by Crippen LogP contribution is -2.50. The molecule has 2 atom stereocenters. The Hall–Kier alpha value is -4.42. The highest BCUT2D eigenvalue weighted by Gasteiger charge is 2.47. The molecular formula is C44H61ClN8O3Si. The molecule has 3 N–H and O–H groups in total. The number of rotatable bonds is 12. The number of amidine groups is 1. The number of piperidine rings is 1. The molecule has 2 aliphatic rings. The largest absolute Gasteiger partial charge is 0.542 e. The summed E-state index contributed by atoms with van der Waals surface area (Å²) in [6, 6.07) is 16.9. The van der Waals surface area contributed by atoms with Crippen LogP contribution in [0.5, 0.6) is 11.5 Å². The number of urea groups is 1. The first-order valence-corrected chi connectivity index (χ1v) is 23.1. The Morgan fingerprint density at radius 2 is 1.63 bits per heavy atom. The van der Waals surface area contributed by atoms with Gasteiger partial charge in [-0.15, -0.1) is 10.2 Å². The van der Waals surface area contributed by atoms with Gasteiger partial charge in [-0.2, -0.15) is 0 Å². The molecular weight excluding hydrogens is 752 g/mol. The molecule has 0 saturated carbocycles. The van der Waals surface area contributed by atoms with Crippen LogP contribution in [0.3, 0.4) is 0 Å². The Morgan fingerprint density at radius 3 is 2.28 bits per heavy atom. The van der Waals surface area contributed by atoms with Gasteiger partial charge >= 0.3 is 6.03 Å². The summed E-state index contributed by atoms with van der Waals surface area (Å²) in [5, 5.41) is 24.4. The fourth-order valence-electron chi connectivity index (χ4n) is 8.64. The number of aliphatic imine (C=N–C) groups is 1. The fraction of sp³-hybridized carbons (Fsp3) is 0.523. The van der Waals surface area contributed by atoms with Crippen molar-refractivity contribution in [3.8, 4) is 11.5 Å². The Bertz CT molecular complexity index is 2060. The molecule has 2 unspecified atom stereocenters. The molecule has 1 aliphatic carbocycles. The second-order valence-corrected chi connectivity index (χ2v) is 23.4. The van der Waals surface area contributed by atoms with Crippen molar-refractivity contribution in [1.29, 1.82) is 5.41 Å². The predicted octanol–water partition coefficient (Wildman–Crippen LogP) is 11.4. The molecule has 11 nitrogen and oxygen atoms in total. The lowest BCUT2D eigenvalue weighted by molar-refractivity contribution is 0.171. The molecule has 2 amide bonds. The lowest BCUT2D eigenvalue weighted by Gasteiger charge is -2.42. The minimum atomic E-state index is -2.23. The van der Waals surface area contributed by atoms with E-state index in [1.807, 2.05) is 67.8 Å². The summed E-state index contributed by atoms with van der Waals surface area (Å²) in [5.74, 6) is 2.62. The van der Waals surface area contributed by atoms with Crippen LogP contribution >= 0.6 is 11.6 Å². The maximum atomic E-state index is 13.8. The van der Waals surface area contributed by atoms with Gasteiger partial charge in [-0.1, -0.05) is 98.2 Å². The molecule has 0 spiro atoms. The maximum absolute atomic E-state index is 13.8. The molecule has 0 bridgehead atoms. The van der Waals surface area contributed by atoms with Crippen molar-refractivity contribution >= 4 is 54.8 Å². The number of hydrogen-bond acceptors (Lipinski definition) is 8. The molecule has 13 heteroatoms. The van der Waals surface area contributed by atoms with E-state index >= 15 is 0 Å². The van der Waals surface area contributed by atoms with Gasteiger partial charge in [-0.05, 0) is 95.6 Å². The molecule has 1 aliphatic heterocycles. The van der Waals surface area contributed by atoms with Crippen LogP contribution in [0.1, 0.15) is 124 Å². The highest BCUT2D eigenvalue weighted by atomic mass is 35.5. The summed E-state index contributed by atoms with van der Waals surface area (Å²) in [7, 11) is -2.23. The minimum Gasteiger partial charge on any atom is -0.542 e. The molecule has 306 valence electrons. The standard InChI is InChI=1S/C44H61ClN8O3Si/c1-28(2)57(29(3)4,30(5)6)56-38-20-17-31(25-35(38)45)47-40(26-39(46)44(7,8)9)49-42(54)48-36-19-21-37(34-16-12-11-15-33(34)36)55-32-18-22-41-50-51-43(53(41)27-32)52-23-13-10-14-24-52/h11-12,15-18,20,22,25,27-30,36-37,46H,10,13-14,19,21,23-24,26H2,1-9H3,(H2,47,48,49,54). The first-order chi connectivity index (χ1) is 27.1. The number of carbonyl (C=O) groups excluding carboxylic acids is 1. The monoisotopic (exact) mass is 812 g/mol. The molecule has 0 radical (unpaired) electrons. The number of anilines is 1. The number of pyridine rings is 1. The molecule has 3 heterocycles. The Morgan fingerprint density at radius 1 is 0.947 bits per heavy atom. The second-order valence-electron chi connectivity index (χ2n) is 17.6. The van der Waals surface area contributed by atoms with Gasteiger partial charge in [0.05, 0.1) is 22.9 Å². The van der Waals surface area contributed by atoms with Crippen LogP contribution in [0.15, 0.2) is 65.8 Å². The minimum absolute atomic E-state index is 0.171. The number of hydrogen-bond donors (Lipinski definition) is 3. The van der Waals surface area contributed by atoms with E-state index in [0.717, 1.165) is 54.4 Å². The van der Waals surface area contributed by atoms with Gasteiger partial charge in [0.2, 0.25) is 5.95 Å². The number of nitrogens with one attached hydrogen (secondary N) is 3. The number of benzene rings is 2. The van der Waals surface area contributed by atoms with Gasteiger partial charge in [0.15, 0.2) is 5.65 Å². The van der Waals surface area contributed by atoms with E-state index in [0.29, 0.717) is 57.5 Å². The fourth-order valence-corrected chi connectivity index (χ4v) is 14.2. The number of amides is 2. The van der Waals surface area contributed by atoms with Crippen LogP contribution in [0.25, 0.3) is 5.65 Å². The number of aromatic nitrogens is 3. The van der Waals surface area contributed by atoms with E-state index < -0.39 is 13.7 Å². The lowest BCUT2D eigenvalue weighted by atomic mass is 9.85. The Labute approximate surface area is 344 Å². The van der Waals surface area contributed by atoms with Crippen molar-refractivity contribution < 1.29 is 14.0 Å². The Balaban J connectivity index is 1.19. The van der Waals surface area contributed by atoms with Gasteiger partial charge in [0.25, 0.3) is 8.32 Å². The number of carbonyl (C=O) groups is 1. The molecule has 4 aromatic rings. The normalized spacial score (nSPS) is 17.9. The summed E-state index contributed by atoms with van der Waals surface area (Å²) in [4.78, 5) is 20.9. The van der Waals surface area contributed by atoms with Crippen molar-refractivity contribution in [3.63, 3.8) is 0 Å². The van der Waals surface area contributed by atoms with E-state index in [-0.39, 0.29) is 24.6 Å². The summed E-state index contributed by atoms with van der Waals surface area (Å²) < 4.78 is 15.6. The molecule has 1 saturated heterocycles. The van der Waals surface area contributed by atoms with Crippen molar-refractivity contribution in [3.05, 3.63) is 76.9 Å². The van der Waals surface area contributed by atoms with Crippen LogP contribution in [0.4, 0.5) is 16.4 Å². The van der Waals surface area contributed by atoms with E-state index in [1.54, 1.807) is 6.07 Å². The third kappa shape index (κ3) is 9.49. The summed E-state index contributed by atoms with van der Waals surface area (Å²) in [6.07, 6.45) is 6.91. The zero-order valence-corrected chi connectivity index (χ0v) is 36.9. The average molecular weight is 814 g/mol. The number of ether oxygens (including phenoxy) is 1. The molecule has 1 fully saturated rings. The average Bonchev–Trinajstić information content (AvgIpc) is 3.58. The molecule has 57 heavy (non-hydrogen) atoms. The van der Waals surface area contributed by atoms with Gasteiger partial charge in [0, 0.05) is 25.2 Å². The number of halogens is 1. The highest BCUT2D eigenvalue weighted by Crippen LogP contribution is 2.45. The number of nitrogens with zero attached hydrogens (tertiary/aromatic N) is 5. The number of fused-ring (bicyclic) bond motifs is 2. The molecule has 6 rings (SSSR count). The van der Waals surface area contributed by atoms with Gasteiger partial charge < -0.3 is 24.8 Å². The highest BCUT2D eigenvalue weighted by molar-refractivity contribution is 6.78. The van der Waals surface area contributed by atoms with Crippen LogP contribution in [-0.2, 0) is 0 Å². The summed E-state index contributed by atoms with van der Waals surface area (Å²) in [5.41, 5.74) is 4.64. The summed E-state index contributed by atoms with van der Waals surface area (Å²) >= 11 is 6.88. The van der Waals surface area contributed by atoms with Crippen LogP contribution in [0, 0.1) is 10.8 Å². The predicted molar refractivity (Wildman–Crippen MR) is 235 cm³/mol. The van der Waals surface area contributed by atoms with E-state index in [9.17, 15) is 4.79 Å². The third-order valence-corrected chi connectivity index (χ3v) is 18.0. The van der Waals surface area contributed by atoms with Crippen molar-refractivity contribution in [2.45, 2.75) is 130 Å². The van der Waals surface area contributed by atoms with Crippen molar-refractivity contribution in [2.24, 2.45) is 10.4 Å². The van der Waals surface area contributed by atoms with E-state index in [1.165, 1.54) is 6.42 Å². The quantitative estimate of drug-likeness (QED) is 0.0742. The molecule has 2 aromatic heterocycles. The van der Waals surface area contributed by atoms with E-state index in [4.69, 9.17) is 31.2 Å². The first kappa shape index (κ1) is 42.2. The van der Waals surface area contributed by atoms with Gasteiger partial charge in [0.1, 0.15) is 23.4 Å². The third-order valence-electron chi connectivity index (χ3n) is 11.7. The van der Waals surface area contributed by atoms with Gasteiger partial charge in [-0.3, -0.25) is 9.72 Å². The zero-order valence-electron chi connectivity index (χ0n) is 35.2.